The molecule has 0 aliphatic carbocycles. The Kier molecular flexibility index (Phi) is 7.24. The number of carbonyl (C=O) groups excluding carboxylic acids is 2. The molecular weight excluding hydrogens is 547 g/mol. The fourth-order valence-electron chi connectivity index (χ4n) is 3.68. The lowest BCUT2D eigenvalue weighted by atomic mass is 10.1. The zero-order valence-electron chi connectivity index (χ0n) is 19.7. The third-order valence-electron chi connectivity index (χ3n) is 5.60. The second-order valence-corrected chi connectivity index (χ2v) is 9.82. The van der Waals surface area contributed by atoms with Crippen molar-refractivity contribution in [2.45, 2.75) is 13.0 Å². The Morgan fingerprint density at radius 3 is 2.42 bits per heavy atom. The molecule has 1 N–H and O–H groups in total. The number of hydrogen-bond donors (Lipinski definition) is 1. The maximum Gasteiger partial charge on any atom is 0.360 e. The summed E-state index contributed by atoms with van der Waals surface area (Å²) in [5.74, 6) is -1.42. The molecule has 0 aliphatic heterocycles. The minimum Gasteiger partial charge on any atom is -0.448 e. The van der Waals surface area contributed by atoms with Crippen LogP contribution in [0, 0.1) is 0 Å². The Balaban J connectivity index is 1.36. The van der Waals surface area contributed by atoms with Crippen LogP contribution in [0.3, 0.4) is 0 Å². The Morgan fingerprint density at radius 2 is 1.68 bits per heavy atom. The standard InChI is InChI=1S/C27H18Cl2N4O4S/c1-15(24(34)31-27-30-22(14-38-27)16-11-12-20(28)21(29)13-16)37-26(36)23-18-9-5-6-10-19(18)25(35)33(32-23)17-7-3-2-4-8-17/h2-15H,1H3,(H,30,31,34). The Morgan fingerprint density at radius 1 is 0.974 bits per heavy atom. The zero-order chi connectivity index (χ0) is 26.8. The smallest absolute Gasteiger partial charge is 0.360 e. The number of amides is 1. The molecule has 2 heterocycles. The number of esters is 1. The second-order valence-electron chi connectivity index (χ2n) is 8.15. The van der Waals surface area contributed by atoms with Gasteiger partial charge in [-0.05, 0) is 37.3 Å². The topological polar surface area (TPSA) is 103 Å². The first-order valence-electron chi connectivity index (χ1n) is 11.3. The summed E-state index contributed by atoms with van der Waals surface area (Å²) < 4.78 is 6.59. The van der Waals surface area contributed by atoms with Crippen molar-refractivity contribution in [3.8, 4) is 16.9 Å². The van der Waals surface area contributed by atoms with E-state index < -0.39 is 18.0 Å². The van der Waals surface area contributed by atoms with E-state index in [0.717, 1.165) is 10.2 Å². The number of nitrogens with zero attached hydrogens (tertiary/aromatic N) is 3. The van der Waals surface area contributed by atoms with E-state index in [4.69, 9.17) is 27.9 Å². The molecule has 0 spiro atoms. The third-order valence-corrected chi connectivity index (χ3v) is 7.10. The van der Waals surface area contributed by atoms with E-state index in [1.807, 2.05) is 0 Å². The molecule has 0 saturated carbocycles. The van der Waals surface area contributed by atoms with E-state index in [9.17, 15) is 14.4 Å². The van der Waals surface area contributed by atoms with Crippen molar-refractivity contribution in [3.63, 3.8) is 0 Å². The number of hydrogen-bond acceptors (Lipinski definition) is 7. The first-order valence-corrected chi connectivity index (χ1v) is 13.0. The van der Waals surface area contributed by atoms with Crippen LogP contribution in [0.15, 0.2) is 83.0 Å². The molecule has 11 heteroatoms. The van der Waals surface area contributed by atoms with E-state index in [0.29, 0.717) is 37.3 Å². The van der Waals surface area contributed by atoms with Crippen LogP contribution in [0.4, 0.5) is 5.13 Å². The number of thiazole rings is 1. The highest BCUT2D eigenvalue weighted by atomic mass is 35.5. The number of para-hydroxylation sites is 1. The number of benzene rings is 3. The molecule has 0 saturated heterocycles. The summed E-state index contributed by atoms with van der Waals surface area (Å²) >= 11 is 13.3. The zero-order valence-corrected chi connectivity index (χ0v) is 22.1. The van der Waals surface area contributed by atoms with Gasteiger partial charge in [-0.2, -0.15) is 9.78 Å². The summed E-state index contributed by atoms with van der Waals surface area (Å²) in [7, 11) is 0. The van der Waals surface area contributed by atoms with E-state index in [2.05, 4.69) is 15.4 Å². The molecule has 1 amide bonds. The van der Waals surface area contributed by atoms with Crippen LogP contribution >= 0.6 is 34.5 Å². The summed E-state index contributed by atoms with van der Waals surface area (Å²) in [6.45, 7) is 1.44. The van der Waals surface area contributed by atoms with Crippen molar-refractivity contribution >= 4 is 62.3 Å². The van der Waals surface area contributed by atoms with Crippen molar-refractivity contribution < 1.29 is 14.3 Å². The normalized spacial score (nSPS) is 11.8. The summed E-state index contributed by atoms with van der Waals surface area (Å²) in [4.78, 5) is 43.4. The van der Waals surface area contributed by atoms with Gasteiger partial charge in [0.15, 0.2) is 16.9 Å². The monoisotopic (exact) mass is 564 g/mol. The highest BCUT2D eigenvalue weighted by Crippen LogP contribution is 2.30. The maximum absolute atomic E-state index is 13.2. The molecule has 0 aliphatic rings. The molecule has 8 nitrogen and oxygen atoms in total. The number of aromatic nitrogens is 3. The van der Waals surface area contributed by atoms with Gasteiger partial charge in [0, 0.05) is 16.3 Å². The fourth-order valence-corrected chi connectivity index (χ4v) is 4.70. The third kappa shape index (κ3) is 5.17. The van der Waals surface area contributed by atoms with Crippen LogP contribution in [0.25, 0.3) is 27.7 Å². The number of rotatable bonds is 6. The molecule has 2 aromatic heterocycles. The molecule has 190 valence electrons. The summed E-state index contributed by atoms with van der Waals surface area (Å²) in [6, 6.07) is 20.5. The lowest BCUT2D eigenvalue weighted by Crippen LogP contribution is -2.31. The van der Waals surface area contributed by atoms with Gasteiger partial charge in [-0.15, -0.1) is 11.3 Å². The van der Waals surface area contributed by atoms with Gasteiger partial charge in [-0.25, -0.2) is 9.78 Å². The van der Waals surface area contributed by atoms with Gasteiger partial charge in [-0.3, -0.25) is 14.9 Å². The number of anilines is 1. The molecule has 1 unspecified atom stereocenters. The van der Waals surface area contributed by atoms with Gasteiger partial charge >= 0.3 is 5.97 Å². The maximum atomic E-state index is 13.2. The van der Waals surface area contributed by atoms with Gasteiger partial charge in [0.05, 0.1) is 26.8 Å². The molecule has 0 radical (unpaired) electrons. The fraction of sp³-hybridized carbons (Fsp3) is 0.0741. The summed E-state index contributed by atoms with van der Waals surface area (Å²) in [5.41, 5.74) is 1.37. The molecule has 0 bridgehead atoms. The molecule has 0 fully saturated rings. The second kappa shape index (κ2) is 10.7. The van der Waals surface area contributed by atoms with E-state index in [-0.39, 0.29) is 11.3 Å². The Hall–Kier alpha value is -4.05. The minimum atomic E-state index is -1.17. The lowest BCUT2D eigenvalue weighted by Gasteiger charge is -2.14. The predicted molar refractivity (Wildman–Crippen MR) is 148 cm³/mol. The SMILES string of the molecule is CC(OC(=O)c1nn(-c2ccccc2)c(=O)c2ccccc12)C(=O)Nc1nc(-c2ccc(Cl)c(Cl)c2)cs1. The van der Waals surface area contributed by atoms with Crippen molar-refractivity contribution in [2.24, 2.45) is 0 Å². The highest BCUT2D eigenvalue weighted by molar-refractivity contribution is 7.14. The van der Waals surface area contributed by atoms with Crippen molar-refractivity contribution in [3.05, 3.63) is 104 Å². The van der Waals surface area contributed by atoms with Gasteiger partial charge in [0.25, 0.3) is 11.5 Å². The molecule has 1 atom stereocenters. The van der Waals surface area contributed by atoms with Crippen molar-refractivity contribution in [1.29, 1.82) is 0 Å². The number of nitrogens with one attached hydrogen (secondary N) is 1. The van der Waals surface area contributed by atoms with E-state index >= 15 is 0 Å². The van der Waals surface area contributed by atoms with Crippen LogP contribution in [0.2, 0.25) is 10.0 Å². The largest absolute Gasteiger partial charge is 0.448 e. The average Bonchev–Trinajstić information content (AvgIpc) is 3.39. The first-order chi connectivity index (χ1) is 18.3. The summed E-state index contributed by atoms with van der Waals surface area (Å²) in [5, 5.41) is 10.5. The van der Waals surface area contributed by atoms with Crippen LogP contribution in [-0.4, -0.2) is 32.7 Å². The number of halogens is 2. The van der Waals surface area contributed by atoms with Gasteiger partial charge < -0.3 is 4.74 Å². The van der Waals surface area contributed by atoms with Crippen LogP contribution < -0.4 is 10.9 Å². The van der Waals surface area contributed by atoms with Crippen LogP contribution in [-0.2, 0) is 9.53 Å². The van der Waals surface area contributed by atoms with Gasteiger partial charge in [0.2, 0.25) is 0 Å². The lowest BCUT2D eigenvalue weighted by molar-refractivity contribution is -0.123. The average molecular weight is 565 g/mol. The number of ether oxygens (including phenoxy) is 1. The quantitative estimate of drug-likeness (QED) is 0.254. The molecule has 38 heavy (non-hydrogen) atoms. The predicted octanol–water partition coefficient (Wildman–Crippen LogP) is 6.00. The minimum absolute atomic E-state index is 0.0835. The Bertz CT molecular complexity index is 1740. The van der Waals surface area contributed by atoms with Gasteiger partial charge in [-0.1, -0.05) is 65.7 Å². The molecule has 3 aromatic carbocycles. The highest BCUT2D eigenvalue weighted by Gasteiger charge is 2.24. The number of fused-ring (bicyclic) bond motifs is 1. The van der Waals surface area contributed by atoms with Crippen LogP contribution in [0.5, 0.6) is 0 Å². The van der Waals surface area contributed by atoms with Crippen molar-refractivity contribution in [2.75, 3.05) is 5.32 Å². The first kappa shape index (κ1) is 25.6. The summed E-state index contributed by atoms with van der Waals surface area (Å²) in [6.07, 6.45) is -1.17. The van der Waals surface area contributed by atoms with Crippen molar-refractivity contribution in [1.82, 2.24) is 14.8 Å². The van der Waals surface area contributed by atoms with Crippen LogP contribution in [0.1, 0.15) is 17.4 Å². The van der Waals surface area contributed by atoms with Gasteiger partial charge in [0.1, 0.15) is 0 Å². The molecular formula is C27H18Cl2N4O4S. The molecule has 5 aromatic rings. The van der Waals surface area contributed by atoms with E-state index in [1.165, 1.54) is 18.3 Å². The molecule has 5 rings (SSSR count). The number of carbonyl (C=O) groups is 2. The van der Waals surface area contributed by atoms with E-state index in [1.54, 1.807) is 78.2 Å². The Labute approximate surface area is 230 Å².